The van der Waals surface area contributed by atoms with Crippen molar-refractivity contribution in [2.24, 2.45) is 5.92 Å². The molecule has 0 spiro atoms. The molecule has 0 fully saturated rings. The van der Waals surface area contributed by atoms with Crippen LogP contribution in [0.2, 0.25) is 0 Å². The van der Waals surface area contributed by atoms with Crippen LogP contribution in [0.1, 0.15) is 43.5 Å². The Morgan fingerprint density at radius 1 is 1.44 bits per heavy atom. The van der Waals surface area contributed by atoms with E-state index >= 15 is 0 Å². The number of rotatable bonds is 5. The molecule has 1 nitrogen and oxygen atoms in total. The predicted octanol–water partition coefficient (Wildman–Crippen LogP) is 5.06. The molecule has 0 aromatic heterocycles. The van der Waals surface area contributed by atoms with Crippen molar-refractivity contribution >= 4 is 44.3 Å². The van der Waals surface area contributed by atoms with Crippen molar-refractivity contribution in [2.75, 3.05) is 0 Å². The molecule has 0 aliphatic carbocycles. The minimum atomic E-state index is 0.256. The molecule has 0 heterocycles. The Labute approximate surface area is 119 Å². The molecule has 0 aliphatic rings. The van der Waals surface area contributed by atoms with Crippen LogP contribution >= 0.6 is 38.5 Å². The number of hydrogen-bond donors (Lipinski definition) is 0. The first kappa shape index (κ1) is 14.2. The lowest BCUT2D eigenvalue weighted by molar-refractivity contribution is 0.0977. The molecule has 0 unspecified atom stereocenters. The first-order valence-electron chi connectivity index (χ1n) is 5.49. The van der Waals surface area contributed by atoms with Gasteiger partial charge in [-0.05, 0) is 53.1 Å². The minimum Gasteiger partial charge on any atom is -0.294 e. The maximum Gasteiger partial charge on any atom is 0.163 e. The predicted molar refractivity (Wildman–Crippen MR) is 79.9 cm³/mol. The molecule has 88 valence electrons. The fourth-order valence-corrected chi connectivity index (χ4v) is 2.51. The van der Waals surface area contributed by atoms with Gasteiger partial charge in [0.05, 0.1) is 0 Å². The van der Waals surface area contributed by atoms with Gasteiger partial charge in [-0.25, -0.2) is 0 Å². The van der Waals surface area contributed by atoms with Gasteiger partial charge in [0.2, 0.25) is 0 Å². The molecule has 0 amide bonds. The summed E-state index contributed by atoms with van der Waals surface area (Å²) in [7, 11) is 0. The van der Waals surface area contributed by atoms with Crippen molar-refractivity contribution in [3.8, 4) is 0 Å². The number of benzene rings is 1. The van der Waals surface area contributed by atoms with Crippen LogP contribution < -0.4 is 0 Å². The van der Waals surface area contributed by atoms with E-state index < -0.39 is 0 Å². The average Bonchev–Trinajstić information content (AvgIpc) is 2.21. The van der Waals surface area contributed by atoms with Crippen LogP contribution in [-0.2, 0) is 0 Å². The molecule has 0 N–H and O–H groups in total. The molecule has 1 aromatic carbocycles. The van der Waals surface area contributed by atoms with Crippen LogP contribution in [0.25, 0.3) is 0 Å². The Morgan fingerprint density at radius 2 is 2.12 bits per heavy atom. The summed E-state index contributed by atoms with van der Waals surface area (Å²) in [5.74, 6) is 0.931. The zero-order chi connectivity index (χ0) is 12.1. The Hall–Kier alpha value is 0.1000. The van der Waals surface area contributed by atoms with Crippen molar-refractivity contribution in [1.82, 2.24) is 0 Å². The molecule has 0 bridgehead atoms. The van der Waals surface area contributed by atoms with Gasteiger partial charge >= 0.3 is 0 Å². The number of carbonyl (C=O) groups excluding carboxylic acids is 1. The standard InChI is InChI=1S/C13H16BrIO/c1-9(2)4-3-5-13(16)11-8-10(14)6-7-12(11)15/h6-9H,3-5H2,1-2H3. The van der Waals surface area contributed by atoms with E-state index in [4.69, 9.17) is 0 Å². The van der Waals surface area contributed by atoms with Gasteiger partial charge in [-0.3, -0.25) is 4.79 Å². The molecule has 0 saturated heterocycles. The van der Waals surface area contributed by atoms with Crippen molar-refractivity contribution < 1.29 is 4.79 Å². The van der Waals surface area contributed by atoms with E-state index in [1.165, 1.54) is 0 Å². The van der Waals surface area contributed by atoms with Gasteiger partial charge in [0.1, 0.15) is 0 Å². The minimum absolute atomic E-state index is 0.256. The maximum absolute atomic E-state index is 12.0. The first-order valence-corrected chi connectivity index (χ1v) is 7.36. The highest BCUT2D eigenvalue weighted by molar-refractivity contribution is 14.1. The van der Waals surface area contributed by atoms with Gasteiger partial charge < -0.3 is 0 Å². The first-order chi connectivity index (χ1) is 7.50. The summed E-state index contributed by atoms with van der Waals surface area (Å²) < 4.78 is 2.01. The summed E-state index contributed by atoms with van der Waals surface area (Å²) in [6.07, 6.45) is 2.76. The van der Waals surface area contributed by atoms with Crippen molar-refractivity contribution in [3.63, 3.8) is 0 Å². The van der Waals surface area contributed by atoms with Crippen molar-refractivity contribution in [1.29, 1.82) is 0 Å². The SMILES string of the molecule is CC(C)CCCC(=O)c1cc(Br)ccc1I. The molecule has 0 atom stereocenters. The second kappa shape index (κ2) is 6.74. The average molecular weight is 395 g/mol. The second-order valence-corrected chi connectivity index (χ2v) is 6.41. The summed E-state index contributed by atoms with van der Waals surface area (Å²) in [6.45, 7) is 4.38. The number of halogens is 2. The third-order valence-corrected chi connectivity index (χ3v) is 3.85. The second-order valence-electron chi connectivity index (χ2n) is 4.33. The van der Waals surface area contributed by atoms with E-state index in [-0.39, 0.29) is 5.78 Å². The molecule has 0 radical (unpaired) electrons. The van der Waals surface area contributed by atoms with Gasteiger partial charge in [-0.15, -0.1) is 0 Å². The van der Waals surface area contributed by atoms with E-state index in [2.05, 4.69) is 52.4 Å². The maximum atomic E-state index is 12.0. The van der Waals surface area contributed by atoms with Crippen LogP contribution in [0.5, 0.6) is 0 Å². The zero-order valence-corrected chi connectivity index (χ0v) is 13.3. The van der Waals surface area contributed by atoms with Gasteiger partial charge in [-0.1, -0.05) is 36.2 Å². The fraction of sp³-hybridized carbons (Fsp3) is 0.462. The molecule has 0 saturated carbocycles. The van der Waals surface area contributed by atoms with Crippen LogP contribution in [-0.4, -0.2) is 5.78 Å². The fourth-order valence-electron chi connectivity index (χ4n) is 1.52. The highest BCUT2D eigenvalue weighted by Gasteiger charge is 2.10. The topological polar surface area (TPSA) is 17.1 Å². The Balaban J connectivity index is 2.62. The van der Waals surface area contributed by atoms with Crippen LogP contribution in [0.4, 0.5) is 0 Å². The summed E-state index contributed by atoms with van der Waals surface area (Å²) in [4.78, 5) is 12.0. The van der Waals surface area contributed by atoms with Gasteiger partial charge in [0.15, 0.2) is 5.78 Å². The summed E-state index contributed by atoms with van der Waals surface area (Å²) in [5, 5.41) is 0. The smallest absolute Gasteiger partial charge is 0.163 e. The van der Waals surface area contributed by atoms with Gasteiger partial charge in [0.25, 0.3) is 0 Å². The van der Waals surface area contributed by atoms with E-state index in [1.54, 1.807) is 0 Å². The molecular formula is C13H16BrIO. The highest BCUT2D eigenvalue weighted by Crippen LogP contribution is 2.21. The summed E-state index contributed by atoms with van der Waals surface area (Å²) in [6, 6.07) is 5.85. The van der Waals surface area contributed by atoms with Crippen molar-refractivity contribution in [3.05, 3.63) is 31.8 Å². The lowest BCUT2D eigenvalue weighted by atomic mass is 10.0. The van der Waals surface area contributed by atoms with Crippen LogP contribution in [0.3, 0.4) is 0 Å². The summed E-state index contributed by atoms with van der Waals surface area (Å²) >= 11 is 5.62. The summed E-state index contributed by atoms with van der Waals surface area (Å²) in [5.41, 5.74) is 0.846. The molecule has 3 heteroatoms. The third kappa shape index (κ3) is 4.53. The number of hydrogen-bond acceptors (Lipinski definition) is 1. The van der Waals surface area contributed by atoms with E-state index in [1.807, 2.05) is 18.2 Å². The van der Waals surface area contributed by atoms with Crippen LogP contribution in [0, 0.1) is 9.49 Å². The molecule has 1 rings (SSSR count). The number of Topliss-reactive ketones (excluding diaryl/α,β-unsaturated/α-hetero) is 1. The largest absolute Gasteiger partial charge is 0.294 e. The van der Waals surface area contributed by atoms with Crippen LogP contribution in [0.15, 0.2) is 22.7 Å². The highest BCUT2D eigenvalue weighted by atomic mass is 127. The lowest BCUT2D eigenvalue weighted by Crippen LogP contribution is -2.02. The monoisotopic (exact) mass is 394 g/mol. The lowest BCUT2D eigenvalue weighted by Gasteiger charge is -2.06. The quantitative estimate of drug-likeness (QED) is 0.503. The number of ketones is 1. The molecule has 16 heavy (non-hydrogen) atoms. The molecule has 0 aliphatic heterocycles. The third-order valence-electron chi connectivity index (χ3n) is 2.41. The van der Waals surface area contributed by atoms with Crippen molar-refractivity contribution in [2.45, 2.75) is 33.1 Å². The normalized spacial score (nSPS) is 10.8. The Kier molecular flexibility index (Phi) is 5.97. The zero-order valence-electron chi connectivity index (χ0n) is 9.59. The molecular weight excluding hydrogens is 379 g/mol. The van der Waals surface area contributed by atoms with E-state index in [9.17, 15) is 4.79 Å². The van der Waals surface area contributed by atoms with E-state index in [0.717, 1.165) is 26.4 Å². The van der Waals surface area contributed by atoms with Gasteiger partial charge in [0, 0.05) is 20.0 Å². The Morgan fingerprint density at radius 3 is 2.75 bits per heavy atom. The number of carbonyl (C=O) groups is 1. The van der Waals surface area contributed by atoms with E-state index in [0.29, 0.717) is 12.3 Å². The molecule has 1 aromatic rings. The van der Waals surface area contributed by atoms with Gasteiger partial charge in [-0.2, -0.15) is 0 Å². The Bertz CT molecular complexity index is 374.